The molecule has 1 fully saturated rings. The summed E-state index contributed by atoms with van der Waals surface area (Å²) in [4.78, 5) is 40.6. The molecule has 12 nitrogen and oxygen atoms in total. The van der Waals surface area contributed by atoms with Gasteiger partial charge in [0.2, 0.25) is 0 Å². The lowest BCUT2D eigenvalue weighted by atomic mass is 9.85. The number of hydrogen-bond acceptors (Lipinski definition) is 7. The smallest absolute Gasteiger partial charge is 0.407 e. The van der Waals surface area contributed by atoms with E-state index in [1.54, 1.807) is 47.1 Å². The van der Waals surface area contributed by atoms with Gasteiger partial charge in [0, 0.05) is 49.1 Å². The summed E-state index contributed by atoms with van der Waals surface area (Å²) in [5, 5.41) is 31.6. The van der Waals surface area contributed by atoms with Gasteiger partial charge in [-0.2, -0.15) is 10.2 Å². The number of hydrogen-bond donors (Lipinski definition) is 3. The molecule has 0 bridgehead atoms. The first-order valence-electron chi connectivity index (χ1n) is 14.0. The minimum Gasteiger partial charge on any atom is -0.465 e. The Balaban J connectivity index is 1.30. The summed E-state index contributed by atoms with van der Waals surface area (Å²) in [5.41, 5.74) is 4.66. The van der Waals surface area contributed by atoms with Gasteiger partial charge in [0.1, 0.15) is 5.69 Å². The highest BCUT2D eigenvalue weighted by atomic mass is 16.4. The van der Waals surface area contributed by atoms with E-state index in [2.05, 4.69) is 42.4 Å². The fraction of sp³-hybridized carbons (Fsp3) is 0.323. The first-order chi connectivity index (χ1) is 20.4. The first-order valence-corrected chi connectivity index (χ1v) is 14.0. The van der Waals surface area contributed by atoms with Crippen LogP contribution >= 0.6 is 0 Å². The number of nitrogens with zero attached hydrogens (tertiary/aromatic N) is 6. The number of fused-ring (bicyclic) bond motifs is 1. The Morgan fingerprint density at radius 3 is 2.51 bits per heavy atom. The highest BCUT2D eigenvalue weighted by Crippen LogP contribution is 2.37. The van der Waals surface area contributed by atoms with Crippen molar-refractivity contribution >= 4 is 29.2 Å². The van der Waals surface area contributed by atoms with E-state index in [9.17, 15) is 19.5 Å². The van der Waals surface area contributed by atoms with Crippen LogP contribution in [0.1, 0.15) is 53.9 Å². The summed E-state index contributed by atoms with van der Waals surface area (Å²) in [5.74, 6) is 0.292. The molecule has 2 aliphatic rings. The molecule has 12 heteroatoms. The van der Waals surface area contributed by atoms with Gasteiger partial charge >= 0.3 is 6.09 Å². The predicted molar refractivity (Wildman–Crippen MR) is 161 cm³/mol. The van der Waals surface area contributed by atoms with Gasteiger partial charge in [0.15, 0.2) is 5.82 Å². The van der Waals surface area contributed by atoms with Crippen molar-refractivity contribution in [1.29, 1.82) is 0 Å². The molecule has 0 aliphatic carbocycles. The van der Waals surface area contributed by atoms with E-state index in [4.69, 9.17) is 5.11 Å². The van der Waals surface area contributed by atoms with Crippen molar-refractivity contribution in [2.24, 2.45) is 7.05 Å². The van der Waals surface area contributed by atoms with Gasteiger partial charge in [0.25, 0.3) is 11.5 Å². The monoisotopic (exact) mass is 583 g/mol. The molecule has 4 aromatic rings. The van der Waals surface area contributed by atoms with Crippen LogP contribution in [-0.4, -0.2) is 59.8 Å². The number of likely N-dealkylation sites (tertiary alicyclic amines) is 1. The number of benzene rings is 2. The molecule has 2 amide bonds. The lowest BCUT2D eigenvalue weighted by molar-refractivity contribution is 0.0813. The van der Waals surface area contributed by atoms with E-state index in [0.717, 1.165) is 11.1 Å². The topological polar surface area (TPSA) is 146 Å². The molecule has 2 aliphatic heterocycles. The highest BCUT2D eigenvalue weighted by Gasteiger charge is 2.33. The summed E-state index contributed by atoms with van der Waals surface area (Å²) in [6.07, 6.45) is 0.774. The molecule has 43 heavy (non-hydrogen) atoms. The largest absolute Gasteiger partial charge is 0.465 e. The van der Waals surface area contributed by atoms with Crippen molar-refractivity contribution in [2.75, 3.05) is 23.3 Å². The van der Waals surface area contributed by atoms with Gasteiger partial charge in [-0.1, -0.05) is 45.0 Å². The third-order valence-corrected chi connectivity index (χ3v) is 8.09. The van der Waals surface area contributed by atoms with Crippen LogP contribution in [0.25, 0.3) is 11.3 Å². The van der Waals surface area contributed by atoms with E-state index in [0.29, 0.717) is 53.5 Å². The Bertz CT molecular complexity index is 1810. The molecule has 0 saturated carbocycles. The number of nitrogens with one attached hydrogen (secondary N) is 1. The normalized spacial score (nSPS) is 15.0. The maximum absolute atomic E-state index is 13.5. The van der Waals surface area contributed by atoms with Gasteiger partial charge in [-0.3, -0.25) is 14.3 Å². The van der Waals surface area contributed by atoms with Crippen LogP contribution in [0.5, 0.6) is 0 Å². The quantitative estimate of drug-likeness (QED) is 0.310. The van der Waals surface area contributed by atoms with E-state index in [1.165, 1.54) is 9.58 Å². The highest BCUT2D eigenvalue weighted by molar-refractivity contribution is 6.10. The van der Waals surface area contributed by atoms with Gasteiger partial charge in [0.05, 0.1) is 30.6 Å². The maximum atomic E-state index is 13.5. The lowest BCUT2D eigenvalue weighted by Gasteiger charge is -2.36. The number of carbonyl (C=O) groups excluding carboxylic acids is 1. The van der Waals surface area contributed by atoms with Crippen LogP contribution in [0.3, 0.4) is 0 Å². The molecule has 0 atom stereocenters. The Kier molecular flexibility index (Phi) is 6.80. The van der Waals surface area contributed by atoms with Crippen LogP contribution in [0, 0.1) is 0 Å². The Morgan fingerprint density at radius 2 is 1.81 bits per heavy atom. The second-order valence-corrected chi connectivity index (χ2v) is 12.0. The minimum atomic E-state index is -0.964. The Hall–Kier alpha value is -4.97. The van der Waals surface area contributed by atoms with Crippen molar-refractivity contribution in [2.45, 2.75) is 45.4 Å². The van der Waals surface area contributed by atoms with Crippen molar-refractivity contribution < 1.29 is 19.8 Å². The van der Waals surface area contributed by atoms with E-state index in [-0.39, 0.29) is 35.2 Å². The van der Waals surface area contributed by atoms with Crippen molar-refractivity contribution in [3.63, 3.8) is 0 Å². The summed E-state index contributed by atoms with van der Waals surface area (Å²) < 4.78 is 2.89. The number of carbonyl (C=O) groups is 2. The van der Waals surface area contributed by atoms with E-state index in [1.807, 2.05) is 18.2 Å². The molecule has 0 unspecified atom stereocenters. The summed E-state index contributed by atoms with van der Waals surface area (Å²) >= 11 is 0. The number of carboxylic acid groups (broad SMARTS) is 1. The number of amides is 2. The number of aliphatic hydroxyl groups excluding tert-OH is 1. The number of anilines is 3. The van der Waals surface area contributed by atoms with Crippen LogP contribution in [-0.2, 0) is 25.6 Å². The molecule has 0 radical (unpaired) electrons. The third kappa shape index (κ3) is 5.03. The average molecular weight is 584 g/mol. The molecular formula is C31H33N7O5. The third-order valence-electron chi connectivity index (χ3n) is 8.09. The van der Waals surface area contributed by atoms with Crippen LogP contribution in [0.2, 0.25) is 0 Å². The zero-order valence-corrected chi connectivity index (χ0v) is 24.4. The summed E-state index contributed by atoms with van der Waals surface area (Å²) in [6.45, 7) is 7.14. The van der Waals surface area contributed by atoms with Gasteiger partial charge < -0.3 is 25.3 Å². The SMILES string of the molecule is Cn1nc(-c2cccc(N3Cc4cc(C(C)(C)C)ccc4C3=O)c2CO)cc(Nc2ccn(C3CN(C(=O)O)C3)n2)c1=O. The van der Waals surface area contributed by atoms with E-state index < -0.39 is 6.09 Å². The number of aryl methyl sites for hydroxylation is 1. The van der Waals surface area contributed by atoms with Crippen molar-refractivity contribution in [1.82, 2.24) is 24.5 Å². The zero-order chi connectivity index (χ0) is 30.6. The Morgan fingerprint density at radius 1 is 1.05 bits per heavy atom. The van der Waals surface area contributed by atoms with Gasteiger partial charge in [-0.25, -0.2) is 9.48 Å². The molecule has 2 aromatic heterocycles. The fourth-order valence-corrected chi connectivity index (χ4v) is 5.57. The van der Waals surface area contributed by atoms with Crippen LogP contribution < -0.4 is 15.8 Å². The van der Waals surface area contributed by atoms with Gasteiger partial charge in [-0.15, -0.1) is 0 Å². The summed E-state index contributed by atoms with van der Waals surface area (Å²) in [7, 11) is 1.54. The molecule has 0 spiro atoms. The van der Waals surface area contributed by atoms with Crippen LogP contribution in [0.4, 0.5) is 22.0 Å². The standard InChI is InChI=1S/C31H33N7O5/c1-31(2,3)19-8-9-21-18(12-19)14-37(28(21)40)26-7-5-6-22(23(26)17-39)24-13-25(29(41)35(4)33-24)32-27-10-11-38(34-27)20-15-36(16-20)30(42)43/h5-13,20,39H,14-17H2,1-4H3,(H,32,34)(H,42,43). The second-order valence-electron chi connectivity index (χ2n) is 12.0. The second kappa shape index (κ2) is 10.4. The van der Waals surface area contributed by atoms with Crippen LogP contribution in [0.15, 0.2) is 59.5 Å². The Labute approximate surface area is 247 Å². The van der Waals surface area contributed by atoms with Crippen molar-refractivity contribution in [3.8, 4) is 11.3 Å². The zero-order valence-electron chi connectivity index (χ0n) is 24.4. The van der Waals surface area contributed by atoms with Gasteiger partial charge in [-0.05, 0) is 34.7 Å². The predicted octanol–water partition coefficient (Wildman–Crippen LogP) is 3.87. The van der Waals surface area contributed by atoms with Crippen molar-refractivity contribution in [3.05, 3.63) is 87.3 Å². The first kappa shape index (κ1) is 28.2. The maximum Gasteiger partial charge on any atom is 0.407 e. The lowest BCUT2D eigenvalue weighted by Crippen LogP contribution is -2.50. The average Bonchev–Trinajstić information content (AvgIpc) is 3.52. The summed E-state index contributed by atoms with van der Waals surface area (Å²) in [6, 6.07) is 14.6. The molecule has 222 valence electrons. The molecule has 3 N–H and O–H groups in total. The number of aliphatic hydroxyl groups is 1. The van der Waals surface area contributed by atoms with E-state index >= 15 is 0 Å². The molecule has 6 rings (SSSR count). The number of aromatic nitrogens is 4. The minimum absolute atomic E-state index is 0.0563. The molecule has 1 saturated heterocycles. The molecular weight excluding hydrogens is 550 g/mol. The molecule has 4 heterocycles. The fourth-order valence-electron chi connectivity index (χ4n) is 5.57. The molecule has 2 aromatic carbocycles. The number of rotatable bonds is 6.